The van der Waals surface area contributed by atoms with Crippen molar-refractivity contribution < 1.29 is 9.57 Å². The first-order chi connectivity index (χ1) is 6.86. The third kappa shape index (κ3) is 3.47. The average molecular weight is 193 g/mol. The van der Waals surface area contributed by atoms with Crippen LogP contribution in [0.4, 0.5) is 0 Å². The van der Waals surface area contributed by atoms with Gasteiger partial charge in [-0.2, -0.15) is 0 Å². The summed E-state index contributed by atoms with van der Waals surface area (Å²) in [6.07, 6.45) is 2.66. The summed E-state index contributed by atoms with van der Waals surface area (Å²) in [6.45, 7) is 2.70. The fraction of sp³-hybridized carbons (Fsp3) is 0.364. The van der Waals surface area contributed by atoms with Gasteiger partial charge >= 0.3 is 0 Å². The van der Waals surface area contributed by atoms with Crippen molar-refractivity contribution in [2.24, 2.45) is 5.16 Å². The van der Waals surface area contributed by atoms with Gasteiger partial charge in [0.25, 0.3) is 0 Å². The molecule has 3 nitrogen and oxygen atoms in total. The first-order valence-electron chi connectivity index (χ1n) is 4.66. The molecule has 0 amide bonds. The molecule has 1 aromatic carbocycles. The monoisotopic (exact) mass is 193 g/mol. The second kappa shape index (κ2) is 6.02. The highest BCUT2D eigenvalue weighted by Gasteiger charge is 1.90. The smallest absolute Gasteiger partial charge is 0.118 e. The molecule has 0 bridgehead atoms. The van der Waals surface area contributed by atoms with E-state index in [0.29, 0.717) is 6.61 Å². The Morgan fingerprint density at radius 1 is 1.29 bits per heavy atom. The predicted molar refractivity (Wildman–Crippen MR) is 56.8 cm³/mol. The van der Waals surface area contributed by atoms with E-state index in [2.05, 4.69) is 5.16 Å². The van der Waals surface area contributed by atoms with Crippen LogP contribution in [-0.4, -0.2) is 19.9 Å². The molecule has 76 valence electrons. The molecule has 0 atom stereocenters. The van der Waals surface area contributed by atoms with Crippen LogP contribution in [0.3, 0.4) is 0 Å². The Bertz CT molecular complexity index is 280. The maximum atomic E-state index is 5.04. The molecule has 0 saturated carbocycles. The average Bonchev–Trinajstić information content (AvgIpc) is 2.25. The lowest BCUT2D eigenvalue weighted by Crippen LogP contribution is -1.87. The molecule has 14 heavy (non-hydrogen) atoms. The molecule has 0 aliphatic carbocycles. The molecule has 0 unspecified atom stereocenters. The van der Waals surface area contributed by atoms with Crippen molar-refractivity contribution in [1.29, 1.82) is 0 Å². The summed E-state index contributed by atoms with van der Waals surface area (Å²) in [7, 11) is 1.65. The van der Waals surface area contributed by atoms with E-state index < -0.39 is 0 Å². The van der Waals surface area contributed by atoms with Crippen molar-refractivity contribution >= 4 is 6.21 Å². The van der Waals surface area contributed by atoms with Gasteiger partial charge in [0, 0.05) is 0 Å². The van der Waals surface area contributed by atoms with Gasteiger partial charge in [0.15, 0.2) is 0 Å². The Balaban J connectivity index is 2.47. The SMILES string of the molecule is CCCON=Cc1ccc(OC)cc1. The number of nitrogens with zero attached hydrogens (tertiary/aromatic N) is 1. The Morgan fingerprint density at radius 2 is 2.00 bits per heavy atom. The van der Waals surface area contributed by atoms with Crippen molar-refractivity contribution in [3.8, 4) is 5.75 Å². The normalized spacial score (nSPS) is 10.4. The molecule has 1 rings (SSSR count). The fourth-order valence-corrected chi connectivity index (χ4v) is 0.932. The summed E-state index contributed by atoms with van der Waals surface area (Å²) < 4.78 is 5.04. The maximum Gasteiger partial charge on any atom is 0.118 e. The Hall–Kier alpha value is -1.51. The molecule has 1 aromatic rings. The van der Waals surface area contributed by atoms with Gasteiger partial charge in [-0.1, -0.05) is 12.1 Å². The third-order valence-corrected chi connectivity index (χ3v) is 1.69. The highest BCUT2D eigenvalue weighted by molar-refractivity contribution is 5.79. The van der Waals surface area contributed by atoms with E-state index in [0.717, 1.165) is 17.7 Å². The van der Waals surface area contributed by atoms with Crippen LogP contribution >= 0.6 is 0 Å². The van der Waals surface area contributed by atoms with Gasteiger partial charge in [0.1, 0.15) is 12.4 Å². The van der Waals surface area contributed by atoms with Gasteiger partial charge in [0.05, 0.1) is 13.3 Å². The van der Waals surface area contributed by atoms with Crippen molar-refractivity contribution in [3.63, 3.8) is 0 Å². The lowest BCUT2D eigenvalue weighted by molar-refractivity contribution is 0.146. The second-order valence-electron chi connectivity index (χ2n) is 2.84. The molecule has 0 radical (unpaired) electrons. The van der Waals surface area contributed by atoms with Crippen molar-refractivity contribution in [2.75, 3.05) is 13.7 Å². The predicted octanol–water partition coefficient (Wildman–Crippen LogP) is 2.46. The quantitative estimate of drug-likeness (QED) is 0.408. The van der Waals surface area contributed by atoms with E-state index in [-0.39, 0.29) is 0 Å². The van der Waals surface area contributed by atoms with Crippen molar-refractivity contribution in [2.45, 2.75) is 13.3 Å². The number of oxime groups is 1. The molecular weight excluding hydrogens is 178 g/mol. The van der Waals surface area contributed by atoms with E-state index in [1.54, 1.807) is 13.3 Å². The molecule has 0 spiro atoms. The van der Waals surface area contributed by atoms with Crippen molar-refractivity contribution in [1.82, 2.24) is 0 Å². The van der Waals surface area contributed by atoms with E-state index >= 15 is 0 Å². The number of methoxy groups -OCH3 is 1. The first kappa shape index (κ1) is 10.6. The van der Waals surface area contributed by atoms with Crippen LogP contribution < -0.4 is 4.74 Å². The summed E-state index contributed by atoms with van der Waals surface area (Å²) in [4.78, 5) is 4.98. The van der Waals surface area contributed by atoms with Crippen LogP contribution in [0.5, 0.6) is 5.75 Å². The number of ether oxygens (including phenoxy) is 1. The summed E-state index contributed by atoms with van der Waals surface area (Å²) in [5, 5.41) is 3.82. The molecule has 3 heteroatoms. The molecule has 0 fully saturated rings. The fourth-order valence-electron chi connectivity index (χ4n) is 0.932. The standard InChI is InChI=1S/C11H15NO2/c1-3-8-14-12-9-10-4-6-11(13-2)7-5-10/h4-7,9H,3,8H2,1-2H3. The van der Waals surface area contributed by atoms with Gasteiger partial charge in [-0.15, -0.1) is 0 Å². The molecule has 0 N–H and O–H groups in total. The van der Waals surface area contributed by atoms with E-state index in [1.165, 1.54) is 0 Å². The zero-order valence-corrected chi connectivity index (χ0v) is 8.56. The lowest BCUT2D eigenvalue weighted by Gasteiger charge is -1.98. The minimum Gasteiger partial charge on any atom is -0.497 e. The topological polar surface area (TPSA) is 30.8 Å². The summed E-state index contributed by atoms with van der Waals surface area (Å²) >= 11 is 0. The third-order valence-electron chi connectivity index (χ3n) is 1.69. The summed E-state index contributed by atoms with van der Waals surface area (Å²) in [6, 6.07) is 7.64. The highest BCUT2D eigenvalue weighted by Crippen LogP contribution is 2.09. The van der Waals surface area contributed by atoms with Crippen LogP contribution in [0.25, 0.3) is 0 Å². The zero-order valence-electron chi connectivity index (χ0n) is 8.56. The van der Waals surface area contributed by atoms with E-state index in [9.17, 15) is 0 Å². The summed E-state index contributed by atoms with van der Waals surface area (Å²) in [5.74, 6) is 0.844. The molecule has 0 saturated heterocycles. The van der Waals surface area contributed by atoms with Gasteiger partial charge in [-0.05, 0) is 36.2 Å². The van der Waals surface area contributed by atoms with Crippen LogP contribution in [-0.2, 0) is 4.84 Å². The van der Waals surface area contributed by atoms with Crippen molar-refractivity contribution in [3.05, 3.63) is 29.8 Å². The van der Waals surface area contributed by atoms with Crippen LogP contribution in [0.15, 0.2) is 29.4 Å². The molecule has 0 aliphatic rings. The highest BCUT2D eigenvalue weighted by atomic mass is 16.6. The van der Waals surface area contributed by atoms with Crippen LogP contribution in [0, 0.1) is 0 Å². The Morgan fingerprint density at radius 3 is 2.57 bits per heavy atom. The molecule has 0 heterocycles. The minimum atomic E-state index is 0.659. The summed E-state index contributed by atoms with van der Waals surface area (Å²) in [5.41, 5.74) is 1.00. The number of hydrogen-bond donors (Lipinski definition) is 0. The van der Waals surface area contributed by atoms with Gasteiger partial charge in [0.2, 0.25) is 0 Å². The second-order valence-corrected chi connectivity index (χ2v) is 2.84. The molecule has 0 aliphatic heterocycles. The van der Waals surface area contributed by atoms with E-state index in [4.69, 9.17) is 9.57 Å². The first-order valence-corrected chi connectivity index (χ1v) is 4.66. The zero-order chi connectivity index (χ0) is 10.2. The van der Waals surface area contributed by atoms with E-state index in [1.807, 2.05) is 31.2 Å². The maximum absolute atomic E-state index is 5.04. The minimum absolute atomic E-state index is 0.659. The van der Waals surface area contributed by atoms with Gasteiger partial charge in [-0.3, -0.25) is 0 Å². The number of hydrogen-bond acceptors (Lipinski definition) is 3. The molecule has 0 aromatic heterocycles. The largest absolute Gasteiger partial charge is 0.497 e. The van der Waals surface area contributed by atoms with Crippen LogP contribution in [0.1, 0.15) is 18.9 Å². The Labute approximate surface area is 84.3 Å². The number of rotatable bonds is 5. The van der Waals surface area contributed by atoms with Gasteiger partial charge < -0.3 is 9.57 Å². The lowest BCUT2D eigenvalue weighted by atomic mass is 10.2. The van der Waals surface area contributed by atoms with Crippen LogP contribution in [0.2, 0.25) is 0 Å². The molecular formula is C11H15NO2. The number of benzene rings is 1. The van der Waals surface area contributed by atoms with Gasteiger partial charge in [-0.25, -0.2) is 0 Å². The Kier molecular flexibility index (Phi) is 4.55.